The summed E-state index contributed by atoms with van der Waals surface area (Å²) in [6.07, 6.45) is 9.42. The molecular weight excluding hydrogens is 324 g/mol. The predicted octanol–water partition coefficient (Wildman–Crippen LogP) is 3.83. The van der Waals surface area contributed by atoms with Gasteiger partial charge in [-0.2, -0.15) is 0 Å². The molecule has 0 spiro atoms. The van der Waals surface area contributed by atoms with E-state index in [2.05, 4.69) is 54.0 Å². The lowest BCUT2D eigenvalue weighted by Gasteiger charge is -2.30. The molecule has 0 bridgehead atoms. The fraction of sp³-hybridized carbons (Fsp3) is 0.591. The Morgan fingerprint density at radius 2 is 1.85 bits per heavy atom. The summed E-state index contributed by atoms with van der Waals surface area (Å²) >= 11 is 0. The summed E-state index contributed by atoms with van der Waals surface area (Å²) in [5, 5.41) is 16.1. The number of carboxylic acids is 1. The van der Waals surface area contributed by atoms with Crippen LogP contribution >= 0.6 is 0 Å². The predicted molar refractivity (Wildman–Crippen MR) is 106 cm³/mol. The summed E-state index contributed by atoms with van der Waals surface area (Å²) < 4.78 is 0. The van der Waals surface area contributed by atoms with E-state index >= 15 is 0 Å². The monoisotopic (exact) mass is 356 g/mol. The van der Waals surface area contributed by atoms with E-state index in [1.54, 1.807) is 0 Å². The highest BCUT2D eigenvalue weighted by Crippen LogP contribution is 2.39. The normalized spacial score (nSPS) is 28.7. The number of carboxylic acid groups (broad SMARTS) is 1. The minimum atomic E-state index is -0.699. The van der Waals surface area contributed by atoms with Crippen LogP contribution in [0.5, 0.6) is 0 Å². The fourth-order valence-electron chi connectivity index (χ4n) is 4.11. The molecule has 3 N–H and O–H groups in total. The van der Waals surface area contributed by atoms with Gasteiger partial charge in [0.2, 0.25) is 0 Å². The molecule has 0 aromatic heterocycles. The summed E-state index contributed by atoms with van der Waals surface area (Å²) in [5.74, 6) is -0.00243. The lowest BCUT2D eigenvalue weighted by Crippen LogP contribution is -2.41. The Balaban J connectivity index is 1.33. The molecule has 1 aromatic carbocycles. The highest BCUT2D eigenvalue weighted by Gasteiger charge is 2.39. The Bertz CT molecular complexity index is 606. The second-order valence-electron chi connectivity index (χ2n) is 7.91. The first-order valence-electron chi connectivity index (χ1n) is 10.1. The molecule has 2 aliphatic carbocycles. The van der Waals surface area contributed by atoms with E-state index in [-0.39, 0.29) is 6.42 Å². The van der Waals surface area contributed by atoms with E-state index in [9.17, 15) is 4.79 Å². The van der Waals surface area contributed by atoms with Gasteiger partial charge in [-0.15, -0.1) is 0 Å². The summed E-state index contributed by atoms with van der Waals surface area (Å²) in [6.45, 7) is 3.08. The molecule has 4 nitrogen and oxygen atoms in total. The van der Waals surface area contributed by atoms with Crippen LogP contribution in [0, 0.1) is 5.92 Å². The molecule has 142 valence electrons. The van der Waals surface area contributed by atoms with Gasteiger partial charge in [0.1, 0.15) is 0 Å². The smallest absolute Gasteiger partial charge is 0.303 e. The number of benzene rings is 1. The first-order chi connectivity index (χ1) is 12.6. The van der Waals surface area contributed by atoms with Gasteiger partial charge < -0.3 is 15.7 Å². The van der Waals surface area contributed by atoms with Crippen molar-refractivity contribution < 1.29 is 9.90 Å². The number of hydrogen-bond acceptors (Lipinski definition) is 3. The zero-order valence-electron chi connectivity index (χ0n) is 15.8. The van der Waals surface area contributed by atoms with Gasteiger partial charge in [-0.3, -0.25) is 4.79 Å². The standard InChI is InChI=1S/C22H32N2O2/c1-16(14-17-6-3-2-4-7-17)20-15-21(20)24-19-11-9-18(10-12-19)23-13-5-8-22(25)26/h2-4,6-7,14,18-21,23-24H,5,8-13,15H2,1H3,(H,25,26)/b16-14+/t18-,19+,20-,21?/m0/s1. The minimum absolute atomic E-state index is 0.267. The molecule has 0 radical (unpaired) electrons. The number of rotatable bonds is 9. The number of nitrogens with one attached hydrogen (secondary N) is 2. The highest BCUT2D eigenvalue weighted by atomic mass is 16.4. The van der Waals surface area contributed by atoms with Gasteiger partial charge in [0.25, 0.3) is 0 Å². The lowest BCUT2D eigenvalue weighted by atomic mass is 9.91. The van der Waals surface area contributed by atoms with Gasteiger partial charge >= 0.3 is 5.97 Å². The van der Waals surface area contributed by atoms with Crippen LogP contribution < -0.4 is 10.6 Å². The van der Waals surface area contributed by atoms with Crippen LogP contribution in [0.4, 0.5) is 0 Å². The van der Waals surface area contributed by atoms with Crippen LogP contribution in [0.15, 0.2) is 35.9 Å². The third kappa shape index (κ3) is 5.96. The quantitative estimate of drug-likeness (QED) is 0.589. The van der Waals surface area contributed by atoms with Gasteiger partial charge in [0.05, 0.1) is 0 Å². The third-order valence-electron chi connectivity index (χ3n) is 5.75. The number of hydrogen-bond donors (Lipinski definition) is 3. The molecule has 4 heteroatoms. The average molecular weight is 357 g/mol. The van der Waals surface area contributed by atoms with Crippen molar-refractivity contribution in [1.82, 2.24) is 10.6 Å². The summed E-state index contributed by atoms with van der Waals surface area (Å²) in [4.78, 5) is 10.5. The third-order valence-corrected chi connectivity index (χ3v) is 5.75. The molecule has 1 aromatic rings. The highest BCUT2D eigenvalue weighted by molar-refractivity contribution is 5.66. The van der Waals surface area contributed by atoms with Gasteiger partial charge in [0.15, 0.2) is 0 Å². The zero-order chi connectivity index (χ0) is 18.4. The Labute approximate surface area is 157 Å². The second-order valence-corrected chi connectivity index (χ2v) is 7.91. The van der Waals surface area contributed by atoms with Gasteiger partial charge in [-0.05, 0) is 63.5 Å². The van der Waals surface area contributed by atoms with Crippen LogP contribution in [0.25, 0.3) is 6.08 Å². The molecule has 0 aliphatic heterocycles. The van der Waals surface area contributed by atoms with Crippen molar-refractivity contribution in [3.05, 3.63) is 41.5 Å². The van der Waals surface area contributed by atoms with Crippen LogP contribution in [0.3, 0.4) is 0 Å². The van der Waals surface area contributed by atoms with Crippen LogP contribution in [0.1, 0.15) is 57.4 Å². The maximum atomic E-state index is 10.5. The van der Waals surface area contributed by atoms with E-state index in [1.807, 2.05) is 0 Å². The molecule has 2 saturated carbocycles. The second kappa shape index (κ2) is 9.33. The fourth-order valence-corrected chi connectivity index (χ4v) is 4.11. The van der Waals surface area contributed by atoms with Crippen LogP contribution in [0.2, 0.25) is 0 Å². The number of aliphatic carboxylic acids is 1. The van der Waals surface area contributed by atoms with E-state index < -0.39 is 5.97 Å². The van der Waals surface area contributed by atoms with Crippen LogP contribution in [-0.2, 0) is 4.79 Å². The SMILES string of the molecule is C/C(=C\c1ccccc1)[C@@H]1CC1N[C@H]1CC[C@@H](NCCCC(=O)O)CC1. The van der Waals surface area contributed by atoms with E-state index in [4.69, 9.17) is 5.11 Å². The maximum absolute atomic E-state index is 10.5. The Kier molecular flexibility index (Phi) is 6.86. The summed E-state index contributed by atoms with van der Waals surface area (Å²) in [6, 6.07) is 12.4. The van der Waals surface area contributed by atoms with Crippen molar-refractivity contribution in [3.63, 3.8) is 0 Å². The van der Waals surface area contributed by atoms with Gasteiger partial charge in [-0.1, -0.05) is 42.0 Å². The van der Waals surface area contributed by atoms with E-state index in [0.717, 1.165) is 13.0 Å². The molecule has 1 unspecified atom stereocenters. The Morgan fingerprint density at radius 1 is 1.15 bits per heavy atom. The topological polar surface area (TPSA) is 61.4 Å². The molecule has 2 fully saturated rings. The molecular formula is C22H32N2O2. The minimum Gasteiger partial charge on any atom is -0.481 e. The van der Waals surface area contributed by atoms with Crippen molar-refractivity contribution in [2.45, 2.75) is 70.0 Å². The van der Waals surface area contributed by atoms with Gasteiger partial charge in [-0.25, -0.2) is 0 Å². The summed E-state index contributed by atoms with van der Waals surface area (Å²) in [7, 11) is 0. The van der Waals surface area contributed by atoms with Crippen molar-refractivity contribution >= 4 is 12.0 Å². The van der Waals surface area contributed by atoms with Crippen LogP contribution in [-0.4, -0.2) is 35.7 Å². The average Bonchev–Trinajstić information content (AvgIpc) is 3.40. The van der Waals surface area contributed by atoms with Crippen molar-refractivity contribution in [1.29, 1.82) is 0 Å². The zero-order valence-corrected chi connectivity index (χ0v) is 15.8. The summed E-state index contributed by atoms with van der Waals surface area (Å²) in [5.41, 5.74) is 2.78. The molecule has 3 rings (SSSR count). The van der Waals surface area contributed by atoms with Crippen molar-refractivity contribution in [2.75, 3.05) is 6.54 Å². The molecule has 0 heterocycles. The lowest BCUT2D eigenvalue weighted by molar-refractivity contribution is -0.137. The van der Waals surface area contributed by atoms with Crippen molar-refractivity contribution in [3.8, 4) is 0 Å². The molecule has 0 saturated heterocycles. The maximum Gasteiger partial charge on any atom is 0.303 e. The first-order valence-corrected chi connectivity index (χ1v) is 10.1. The van der Waals surface area contributed by atoms with E-state index in [1.165, 1.54) is 43.2 Å². The van der Waals surface area contributed by atoms with E-state index in [0.29, 0.717) is 24.0 Å². The Hall–Kier alpha value is -1.65. The molecule has 0 amide bonds. The van der Waals surface area contributed by atoms with Gasteiger partial charge in [0, 0.05) is 24.5 Å². The number of carbonyl (C=O) groups is 1. The molecule has 2 atom stereocenters. The molecule has 2 aliphatic rings. The van der Waals surface area contributed by atoms with Crippen molar-refractivity contribution in [2.24, 2.45) is 5.92 Å². The molecule has 26 heavy (non-hydrogen) atoms. The Morgan fingerprint density at radius 3 is 2.54 bits per heavy atom. The largest absolute Gasteiger partial charge is 0.481 e. The first kappa shape index (κ1) is 19.1.